The van der Waals surface area contributed by atoms with Gasteiger partial charge >= 0.3 is 0 Å². The van der Waals surface area contributed by atoms with Gasteiger partial charge in [0.2, 0.25) is 0 Å². The second-order valence-corrected chi connectivity index (χ2v) is 15.7. The van der Waals surface area contributed by atoms with E-state index < -0.39 is 0 Å². The van der Waals surface area contributed by atoms with Gasteiger partial charge in [-0.15, -0.1) is 0 Å². The third kappa shape index (κ3) is 5.39. The molecule has 0 aromatic heterocycles. The molecule has 0 heterocycles. The Labute approximate surface area is 305 Å². The highest BCUT2D eigenvalue weighted by atomic mass is 15.2. The molecule has 2 nitrogen and oxygen atoms in total. The lowest BCUT2D eigenvalue weighted by Gasteiger charge is -2.52. The van der Waals surface area contributed by atoms with Crippen LogP contribution in [0.1, 0.15) is 80.5 Å². The fraction of sp³-hybridized carbons (Fsp3) is 0.265. The highest BCUT2D eigenvalue weighted by Gasteiger charge is 2.49. The van der Waals surface area contributed by atoms with Crippen molar-refractivity contribution in [2.75, 3.05) is 9.80 Å². The summed E-state index contributed by atoms with van der Waals surface area (Å²) in [6, 6.07) is 32.4. The van der Waals surface area contributed by atoms with Crippen LogP contribution < -0.4 is 9.80 Å². The van der Waals surface area contributed by atoms with E-state index in [1.54, 1.807) is 0 Å². The summed E-state index contributed by atoms with van der Waals surface area (Å²) in [6.45, 7) is 20.2. The molecule has 3 aliphatic carbocycles. The van der Waals surface area contributed by atoms with Gasteiger partial charge in [0.05, 0.1) is 5.69 Å². The molecule has 0 N–H and O–H groups in total. The molecule has 0 fully saturated rings. The van der Waals surface area contributed by atoms with Crippen molar-refractivity contribution in [2.45, 2.75) is 74.7 Å². The summed E-state index contributed by atoms with van der Waals surface area (Å²) < 4.78 is 0. The van der Waals surface area contributed by atoms with Gasteiger partial charge in [0.1, 0.15) is 0 Å². The average Bonchev–Trinajstić information content (AvgIpc) is 3.11. The third-order valence-electron chi connectivity index (χ3n) is 12.4. The molecular formula is C49H50N2. The Hall–Kier alpha value is -5.08. The first-order valence-electron chi connectivity index (χ1n) is 18.6. The highest BCUT2D eigenvalue weighted by Crippen LogP contribution is 2.61. The lowest BCUT2D eigenvalue weighted by molar-refractivity contribution is 0.296. The first-order chi connectivity index (χ1) is 24.4. The van der Waals surface area contributed by atoms with Gasteiger partial charge in [-0.3, -0.25) is 0 Å². The maximum Gasteiger partial charge on any atom is 0.0537 e. The standard InChI is InChI=1S/C49H50N2/c1-30-10-17-40(26-34(30)5)50(41-18-11-31(2)35(6)27-41)45-22-15-38-24-25-49(9)46(23-16-39-14-21-44(45)47(38)48(39)49)51(42-19-12-32(3)36(7)28-42)43-20-13-33(4)37(8)29-43/h10-15,17-29,39,48H,16H2,1-9H3. The Kier molecular flexibility index (Phi) is 7.98. The summed E-state index contributed by atoms with van der Waals surface area (Å²) >= 11 is 0. The Morgan fingerprint density at radius 1 is 0.529 bits per heavy atom. The van der Waals surface area contributed by atoms with E-state index in [0.29, 0.717) is 11.8 Å². The van der Waals surface area contributed by atoms with Crippen LogP contribution in [0.15, 0.2) is 109 Å². The maximum atomic E-state index is 2.56. The molecule has 256 valence electrons. The van der Waals surface area contributed by atoms with Crippen LogP contribution in [0.3, 0.4) is 0 Å². The van der Waals surface area contributed by atoms with Gasteiger partial charge in [-0.05, 0) is 185 Å². The van der Waals surface area contributed by atoms with E-state index in [1.165, 1.54) is 95.3 Å². The zero-order valence-electron chi connectivity index (χ0n) is 31.7. The predicted molar refractivity (Wildman–Crippen MR) is 219 cm³/mol. The third-order valence-corrected chi connectivity index (χ3v) is 12.4. The molecule has 5 aromatic rings. The molecule has 0 aliphatic heterocycles. The van der Waals surface area contributed by atoms with Crippen molar-refractivity contribution >= 4 is 40.6 Å². The summed E-state index contributed by atoms with van der Waals surface area (Å²) in [5.41, 5.74) is 21.9. The number of rotatable bonds is 6. The second-order valence-electron chi connectivity index (χ2n) is 15.7. The first kappa shape index (κ1) is 33.1. The number of benzene rings is 5. The minimum atomic E-state index is -0.225. The van der Waals surface area contributed by atoms with Crippen LogP contribution in [-0.4, -0.2) is 0 Å². The molecule has 0 saturated carbocycles. The monoisotopic (exact) mass is 666 g/mol. The zero-order chi connectivity index (χ0) is 35.8. The van der Waals surface area contributed by atoms with E-state index in [1.807, 2.05) is 0 Å². The summed E-state index contributed by atoms with van der Waals surface area (Å²) in [5.74, 6) is 0.725. The van der Waals surface area contributed by atoms with Crippen LogP contribution in [0, 0.1) is 66.7 Å². The molecule has 5 aromatic carbocycles. The zero-order valence-corrected chi connectivity index (χ0v) is 31.7. The summed E-state index contributed by atoms with van der Waals surface area (Å²) in [4.78, 5) is 5.05. The molecule has 0 radical (unpaired) electrons. The molecule has 0 saturated heterocycles. The predicted octanol–water partition coefficient (Wildman–Crippen LogP) is 13.5. The van der Waals surface area contributed by atoms with Crippen molar-refractivity contribution in [3.63, 3.8) is 0 Å². The van der Waals surface area contributed by atoms with Gasteiger partial charge in [0.15, 0.2) is 0 Å². The smallest absolute Gasteiger partial charge is 0.0537 e. The molecule has 8 rings (SSSR count). The van der Waals surface area contributed by atoms with Crippen LogP contribution in [-0.2, 0) is 0 Å². The van der Waals surface area contributed by atoms with E-state index in [0.717, 1.165) is 6.42 Å². The van der Waals surface area contributed by atoms with Crippen LogP contribution >= 0.6 is 0 Å². The van der Waals surface area contributed by atoms with Crippen LogP contribution in [0.25, 0.3) is 12.2 Å². The highest BCUT2D eigenvalue weighted by molar-refractivity contribution is 5.88. The average molecular weight is 667 g/mol. The Bertz CT molecular complexity index is 2210. The van der Waals surface area contributed by atoms with Gasteiger partial charge in [0.25, 0.3) is 0 Å². The normalized spacial score (nSPS) is 19.8. The molecule has 0 spiro atoms. The van der Waals surface area contributed by atoms with E-state index in [-0.39, 0.29) is 5.41 Å². The Morgan fingerprint density at radius 3 is 1.47 bits per heavy atom. The summed E-state index contributed by atoms with van der Waals surface area (Å²) in [6.07, 6.45) is 13.4. The number of anilines is 5. The van der Waals surface area contributed by atoms with Crippen molar-refractivity contribution in [1.29, 1.82) is 0 Å². The Morgan fingerprint density at radius 2 is 1.00 bits per heavy atom. The van der Waals surface area contributed by atoms with Crippen LogP contribution in [0.4, 0.5) is 28.4 Å². The lowest BCUT2D eigenvalue weighted by atomic mass is 9.56. The van der Waals surface area contributed by atoms with Crippen molar-refractivity contribution < 1.29 is 0 Å². The molecule has 0 amide bonds. The summed E-state index contributed by atoms with van der Waals surface area (Å²) in [7, 11) is 0. The molecule has 3 aliphatic rings. The fourth-order valence-electron chi connectivity index (χ4n) is 8.73. The van der Waals surface area contributed by atoms with E-state index in [2.05, 4.69) is 187 Å². The quantitative estimate of drug-likeness (QED) is 0.178. The Balaban J connectivity index is 1.32. The van der Waals surface area contributed by atoms with Gasteiger partial charge in [-0.2, -0.15) is 0 Å². The SMILES string of the molecule is Cc1ccc(N(C2=CCC3C=Cc4c(N(c5ccc(C)c(C)c5)c5ccc(C)c(C)c5)ccc5c4C3C2(C)C=C5)c2ccc(C)c(C)c2)cc1C. The minimum Gasteiger partial charge on any atom is -0.314 e. The minimum absolute atomic E-state index is 0.225. The number of nitrogens with zero attached hydrogens (tertiary/aromatic N) is 2. The van der Waals surface area contributed by atoms with Gasteiger partial charge in [-0.1, -0.05) is 60.7 Å². The van der Waals surface area contributed by atoms with Crippen molar-refractivity contribution in [3.05, 3.63) is 170 Å². The lowest BCUT2D eigenvalue weighted by Crippen LogP contribution is -2.42. The van der Waals surface area contributed by atoms with Crippen molar-refractivity contribution in [2.24, 2.45) is 11.3 Å². The number of hydrogen-bond donors (Lipinski definition) is 0. The van der Waals surface area contributed by atoms with E-state index >= 15 is 0 Å². The molecule has 2 heteroatoms. The van der Waals surface area contributed by atoms with Crippen LogP contribution in [0.5, 0.6) is 0 Å². The topological polar surface area (TPSA) is 6.48 Å². The molecule has 3 atom stereocenters. The molecule has 3 unspecified atom stereocenters. The first-order valence-corrected chi connectivity index (χ1v) is 18.6. The van der Waals surface area contributed by atoms with Gasteiger partial charge in [0, 0.05) is 45.3 Å². The van der Waals surface area contributed by atoms with Crippen molar-refractivity contribution in [3.8, 4) is 0 Å². The number of hydrogen-bond acceptors (Lipinski definition) is 2. The molecule has 0 bridgehead atoms. The molecule has 51 heavy (non-hydrogen) atoms. The number of aryl methyl sites for hydroxylation is 8. The fourth-order valence-corrected chi connectivity index (χ4v) is 8.73. The van der Waals surface area contributed by atoms with E-state index in [4.69, 9.17) is 0 Å². The summed E-state index contributed by atoms with van der Waals surface area (Å²) in [5, 5.41) is 0. The number of allylic oxidation sites excluding steroid dienone is 3. The largest absolute Gasteiger partial charge is 0.314 e. The second kappa shape index (κ2) is 12.3. The van der Waals surface area contributed by atoms with E-state index in [9.17, 15) is 0 Å². The van der Waals surface area contributed by atoms with Crippen LogP contribution in [0.2, 0.25) is 0 Å². The van der Waals surface area contributed by atoms with Gasteiger partial charge < -0.3 is 9.80 Å². The molecular weight excluding hydrogens is 617 g/mol. The van der Waals surface area contributed by atoms with Crippen molar-refractivity contribution in [1.82, 2.24) is 0 Å². The maximum absolute atomic E-state index is 2.56. The van der Waals surface area contributed by atoms with Gasteiger partial charge in [-0.25, -0.2) is 0 Å².